The fraction of sp³-hybridized carbons (Fsp3) is 0.950. The Balaban J connectivity index is 1.96. The fourth-order valence-electron chi connectivity index (χ4n) is 6.64. The summed E-state index contributed by atoms with van der Waals surface area (Å²) < 4.78 is 0. The first-order valence-corrected chi connectivity index (χ1v) is 9.55. The molecule has 0 aliphatic heterocycles. The topological polar surface area (TPSA) is 37.3 Å². The predicted molar refractivity (Wildman–Crippen MR) is 89.4 cm³/mol. The normalized spacial score (nSPS) is 55.1. The minimum absolute atomic E-state index is 0.0750. The van der Waals surface area contributed by atoms with Crippen LogP contribution in [-0.4, -0.2) is 11.1 Å². The number of fused-ring (bicyclic) bond motifs is 3. The number of carbonyl (C=O) groups is 1. The molecule has 22 heavy (non-hydrogen) atoms. The van der Waals surface area contributed by atoms with Crippen LogP contribution in [0.25, 0.3) is 0 Å². The summed E-state index contributed by atoms with van der Waals surface area (Å²) in [5.41, 5.74) is 0. The van der Waals surface area contributed by atoms with E-state index in [-0.39, 0.29) is 5.92 Å². The summed E-state index contributed by atoms with van der Waals surface area (Å²) in [7, 11) is 0. The molecule has 0 aromatic carbocycles. The summed E-state index contributed by atoms with van der Waals surface area (Å²) in [6, 6.07) is 0. The Hall–Kier alpha value is -0.530. The standard InChI is InChI=1S/C20H34O2/c1-10-6-7-16-17(20(21)22)9-15-8-11(2)12(3)14(5)18(15)19(16)13(10)4/h10-19H,6-9H2,1-5H3,(H,21,22). The molecule has 126 valence electrons. The van der Waals surface area contributed by atoms with Gasteiger partial charge in [-0.05, 0) is 72.5 Å². The van der Waals surface area contributed by atoms with E-state index in [0.29, 0.717) is 23.7 Å². The molecular formula is C20H34O2. The quantitative estimate of drug-likeness (QED) is 0.745. The van der Waals surface area contributed by atoms with Gasteiger partial charge in [0.15, 0.2) is 0 Å². The average Bonchev–Trinajstić information content (AvgIpc) is 2.47. The van der Waals surface area contributed by atoms with Gasteiger partial charge in [0.1, 0.15) is 0 Å². The summed E-state index contributed by atoms with van der Waals surface area (Å²) in [6.07, 6.45) is 4.57. The molecule has 0 radical (unpaired) electrons. The van der Waals surface area contributed by atoms with E-state index in [1.54, 1.807) is 0 Å². The van der Waals surface area contributed by atoms with Crippen molar-refractivity contribution in [2.24, 2.45) is 59.2 Å². The molecule has 0 amide bonds. The third-order valence-corrected chi connectivity index (χ3v) is 8.34. The highest BCUT2D eigenvalue weighted by Gasteiger charge is 2.55. The maximum absolute atomic E-state index is 11.9. The van der Waals surface area contributed by atoms with Crippen LogP contribution in [-0.2, 0) is 4.79 Å². The monoisotopic (exact) mass is 306 g/mol. The molecule has 2 heteroatoms. The smallest absolute Gasteiger partial charge is 0.306 e. The van der Waals surface area contributed by atoms with Crippen molar-refractivity contribution >= 4 is 5.97 Å². The van der Waals surface area contributed by atoms with Crippen LogP contribution in [0.3, 0.4) is 0 Å². The van der Waals surface area contributed by atoms with E-state index < -0.39 is 5.97 Å². The first-order chi connectivity index (χ1) is 10.3. The number of carboxylic acids is 1. The number of hydrogen-bond donors (Lipinski definition) is 1. The molecule has 10 unspecified atom stereocenters. The van der Waals surface area contributed by atoms with Gasteiger partial charge in [-0.15, -0.1) is 0 Å². The van der Waals surface area contributed by atoms with Crippen molar-refractivity contribution in [2.75, 3.05) is 0 Å². The Morgan fingerprint density at radius 3 is 2.14 bits per heavy atom. The van der Waals surface area contributed by atoms with E-state index in [4.69, 9.17) is 0 Å². The van der Waals surface area contributed by atoms with Gasteiger partial charge in [-0.1, -0.05) is 41.0 Å². The van der Waals surface area contributed by atoms with Gasteiger partial charge in [0, 0.05) is 0 Å². The van der Waals surface area contributed by atoms with Crippen molar-refractivity contribution in [1.82, 2.24) is 0 Å². The van der Waals surface area contributed by atoms with Crippen LogP contribution >= 0.6 is 0 Å². The predicted octanol–water partition coefficient (Wildman–Crippen LogP) is 4.93. The maximum atomic E-state index is 11.9. The van der Waals surface area contributed by atoms with E-state index in [1.807, 2.05) is 0 Å². The summed E-state index contributed by atoms with van der Waals surface area (Å²) in [5.74, 6) is 5.65. The van der Waals surface area contributed by atoms with E-state index in [9.17, 15) is 9.90 Å². The molecule has 3 saturated carbocycles. The highest BCUT2D eigenvalue weighted by Crippen LogP contribution is 2.59. The number of hydrogen-bond acceptors (Lipinski definition) is 1. The van der Waals surface area contributed by atoms with Crippen molar-refractivity contribution in [3.63, 3.8) is 0 Å². The molecule has 0 spiro atoms. The van der Waals surface area contributed by atoms with Crippen molar-refractivity contribution < 1.29 is 9.90 Å². The lowest BCUT2D eigenvalue weighted by atomic mass is 9.46. The maximum Gasteiger partial charge on any atom is 0.306 e. The molecule has 0 heterocycles. The van der Waals surface area contributed by atoms with E-state index in [0.717, 1.165) is 42.4 Å². The lowest BCUT2D eigenvalue weighted by molar-refractivity contribution is -0.159. The lowest BCUT2D eigenvalue weighted by Gasteiger charge is -2.58. The molecule has 3 aliphatic rings. The molecule has 3 fully saturated rings. The minimum atomic E-state index is -0.519. The van der Waals surface area contributed by atoms with Crippen molar-refractivity contribution in [1.29, 1.82) is 0 Å². The third-order valence-electron chi connectivity index (χ3n) is 8.34. The Morgan fingerprint density at radius 1 is 0.818 bits per heavy atom. The second-order valence-corrected chi connectivity index (χ2v) is 9.10. The van der Waals surface area contributed by atoms with Gasteiger partial charge in [-0.2, -0.15) is 0 Å². The zero-order valence-electron chi connectivity index (χ0n) is 15.0. The zero-order chi connectivity index (χ0) is 16.2. The molecule has 10 atom stereocenters. The third kappa shape index (κ3) is 2.41. The molecule has 0 bridgehead atoms. The van der Waals surface area contributed by atoms with Crippen LogP contribution < -0.4 is 0 Å². The fourth-order valence-corrected chi connectivity index (χ4v) is 6.64. The van der Waals surface area contributed by atoms with E-state index in [2.05, 4.69) is 34.6 Å². The number of carboxylic acid groups (broad SMARTS) is 1. The molecule has 3 aliphatic carbocycles. The van der Waals surface area contributed by atoms with Crippen molar-refractivity contribution in [3.8, 4) is 0 Å². The SMILES string of the molecule is CC1CC2CC(C(=O)O)C3CCC(C)C(C)C3C2C(C)C1C. The summed E-state index contributed by atoms with van der Waals surface area (Å²) >= 11 is 0. The van der Waals surface area contributed by atoms with Crippen LogP contribution in [0.15, 0.2) is 0 Å². The van der Waals surface area contributed by atoms with Gasteiger partial charge < -0.3 is 5.11 Å². The molecule has 2 nitrogen and oxygen atoms in total. The van der Waals surface area contributed by atoms with Gasteiger partial charge in [0.25, 0.3) is 0 Å². The number of aliphatic carboxylic acids is 1. The Kier molecular flexibility index (Phi) is 4.33. The van der Waals surface area contributed by atoms with Crippen LogP contribution in [0, 0.1) is 59.2 Å². The largest absolute Gasteiger partial charge is 0.481 e. The number of rotatable bonds is 1. The highest BCUT2D eigenvalue weighted by molar-refractivity contribution is 5.70. The first kappa shape index (κ1) is 16.3. The van der Waals surface area contributed by atoms with Gasteiger partial charge in [-0.25, -0.2) is 0 Å². The Bertz CT molecular complexity index is 431. The summed E-state index contributed by atoms with van der Waals surface area (Å²) in [4.78, 5) is 11.9. The molecule has 0 saturated heterocycles. The Morgan fingerprint density at radius 2 is 1.50 bits per heavy atom. The molecular weight excluding hydrogens is 272 g/mol. The van der Waals surface area contributed by atoms with Crippen LogP contribution in [0.2, 0.25) is 0 Å². The second-order valence-electron chi connectivity index (χ2n) is 9.10. The zero-order valence-corrected chi connectivity index (χ0v) is 15.0. The van der Waals surface area contributed by atoms with Crippen LogP contribution in [0.4, 0.5) is 0 Å². The van der Waals surface area contributed by atoms with E-state index >= 15 is 0 Å². The van der Waals surface area contributed by atoms with Crippen molar-refractivity contribution in [3.05, 3.63) is 0 Å². The first-order valence-electron chi connectivity index (χ1n) is 9.55. The molecule has 1 N–H and O–H groups in total. The lowest BCUT2D eigenvalue weighted by Crippen LogP contribution is -2.54. The highest BCUT2D eigenvalue weighted by atomic mass is 16.4. The van der Waals surface area contributed by atoms with Gasteiger partial charge in [0.2, 0.25) is 0 Å². The summed E-state index contributed by atoms with van der Waals surface area (Å²) in [6.45, 7) is 12.1. The Labute approximate surface area is 136 Å². The summed E-state index contributed by atoms with van der Waals surface area (Å²) in [5, 5.41) is 9.80. The second kappa shape index (κ2) is 5.83. The van der Waals surface area contributed by atoms with Crippen LogP contribution in [0.5, 0.6) is 0 Å². The van der Waals surface area contributed by atoms with Gasteiger partial charge in [0.05, 0.1) is 5.92 Å². The van der Waals surface area contributed by atoms with Crippen molar-refractivity contribution in [2.45, 2.75) is 60.3 Å². The molecule has 0 aromatic rings. The minimum Gasteiger partial charge on any atom is -0.481 e. The van der Waals surface area contributed by atoms with Crippen LogP contribution in [0.1, 0.15) is 60.3 Å². The average molecular weight is 306 g/mol. The molecule has 3 rings (SSSR count). The molecule has 0 aromatic heterocycles. The van der Waals surface area contributed by atoms with E-state index in [1.165, 1.54) is 12.8 Å². The van der Waals surface area contributed by atoms with Gasteiger partial charge in [-0.3, -0.25) is 4.79 Å². The van der Waals surface area contributed by atoms with Gasteiger partial charge >= 0.3 is 5.97 Å².